The number of rotatable bonds is 8. The first-order valence-electron chi connectivity index (χ1n) is 13.8. The Labute approximate surface area is 241 Å². The van der Waals surface area contributed by atoms with Crippen LogP contribution in [0.5, 0.6) is 11.5 Å². The minimum absolute atomic E-state index is 0.0545. The second-order valence-corrected chi connectivity index (χ2v) is 10.6. The summed E-state index contributed by atoms with van der Waals surface area (Å²) < 4.78 is 65.9. The van der Waals surface area contributed by atoms with Gasteiger partial charge in [-0.05, 0) is 48.2 Å². The first kappa shape index (κ1) is 28.2. The molecule has 2 fully saturated rings. The Balaban J connectivity index is 1.39. The van der Waals surface area contributed by atoms with Gasteiger partial charge >= 0.3 is 6.18 Å². The molecule has 0 radical (unpaired) electrons. The van der Waals surface area contributed by atoms with Crippen LogP contribution in [0.4, 0.5) is 19.0 Å². The third-order valence-electron chi connectivity index (χ3n) is 8.14. The van der Waals surface area contributed by atoms with Crippen LogP contribution in [0.2, 0.25) is 0 Å². The number of halogens is 3. The van der Waals surface area contributed by atoms with E-state index in [2.05, 4.69) is 20.1 Å². The van der Waals surface area contributed by atoms with E-state index in [4.69, 9.17) is 18.9 Å². The van der Waals surface area contributed by atoms with Gasteiger partial charge in [-0.2, -0.15) is 13.2 Å². The molecule has 1 aliphatic carbocycles. The zero-order valence-electron chi connectivity index (χ0n) is 23.4. The van der Waals surface area contributed by atoms with Crippen molar-refractivity contribution in [2.45, 2.75) is 50.2 Å². The monoisotopic (exact) mass is 583 g/mol. The van der Waals surface area contributed by atoms with E-state index in [-0.39, 0.29) is 19.3 Å². The summed E-state index contributed by atoms with van der Waals surface area (Å²) in [6.45, 7) is 1.63. The van der Waals surface area contributed by atoms with Gasteiger partial charge in [0.05, 0.1) is 39.3 Å². The number of methoxy groups -OCH3 is 2. The van der Waals surface area contributed by atoms with E-state index in [1.165, 1.54) is 0 Å². The number of hydrogen-bond donors (Lipinski definition) is 0. The van der Waals surface area contributed by atoms with E-state index < -0.39 is 23.8 Å². The zero-order chi connectivity index (χ0) is 29.3. The smallest absolute Gasteiger partial charge is 0.391 e. The number of alkyl halides is 3. The quantitative estimate of drug-likeness (QED) is 0.268. The number of fused-ring (bicyclic) bond motifs is 1. The summed E-state index contributed by atoms with van der Waals surface area (Å²) in [4.78, 5) is 6.74. The number of anilines is 1. The van der Waals surface area contributed by atoms with Crippen molar-refractivity contribution >= 4 is 11.5 Å². The standard InChI is InChI=1S/C30H32F3N5O4/c1-39-23-7-3-20(4-8-23)18-37(19-21-5-9-24(40-2)10-6-21)27-28-36-35-26(38(28)14-13-34-27)25-17-22(30(31,32)33)11-12-29(25)41-15-16-42-29/h3-10,13-14,22,25H,11-12,15-19H2,1-2H3/t22-,25+/m0/s1. The third kappa shape index (κ3) is 5.48. The zero-order valence-corrected chi connectivity index (χ0v) is 23.4. The van der Waals surface area contributed by atoms with E-state index in [1.807, 2.05) is 48.5 Å². The van der Waals surface area contributed by atoms with Crippen molar-refractivity contribution in [1.29, 1.82) is 0 Å². The van der Waals surface area contributed by atoms with E-state index in [9.17, 15) is 13.2 Å². The average Bonchev–Trinajstić information content (AvgIpc) is 3.65. The van der Waals surface area contributed by atoms with E-state index in [1.54, 1.807) is 31.0 Å². The maximum absolute atomic E-state index is 13.9. The molecule has 2 aliphatic rings. The van der Waals surface area contributed by atoms with Crippen LogP contribution in [-0.2, 0) is 22.6 Å². The van der Waals surface area contributed by atoms with Crippen LogP contribution >= 0.6 is 0 Å². The molecule has 222 valence electrons. The van der Waals surface area contributed by atoms with Gasteiger partial charge in [-0.25, -0.2) is 4.98 Å². The van der Waals surface area contributed by atoms with Gasteiger partial charge in [0.25, 0.3) is 0 Å². The fourth-order valence-corrected chi connectivity index (χ4v) is 5.95. The maximum Gasteiger partial charge on any atom is 0.391 e. The average molecular weight is 584 g/mol. The Morgan fingerprint density at radius 3 is 2.07 bits per heavy atom. The highest BCUT2D eigenvalue weighted by Crippen LogP contribution is 2.51. The van der Waals surface area contributed by atoms with Crippen LogP contribution in [0.15, 0.2) is 60.9 Å². The van der Waals surface area contributed by atoms with E-state index in [0.717, 1.165) is 22.6 Å². The highest BCUT2D eigenvalue weighted by Gasteiger charge is 2.55. The van der Waals surface area contributed by atoms with E-state index >= 15 is 0 Å². The fraction of sp³-hybridized carbons (Fsp3) is 0.433. The second-order valence-electron chi connectivity index (χ2n) is 10.6. The lowest BCUT2D eigenvalue weighted by molar-refractivity contribution is -0.237. The molecule has 2 aromatic heterocycles. The highest BCUT2D eigenvalue weighted by molar-refractivity contribution is 5.64. The number of hydrogen-bond acceptors (Lipinski definition) is 8. The summed E-state index contributed by atoms with van der Waals surface area (Å²) in [6.07, 6.45) is -1.12. The van der Waals surface area contributed by atoms with Crippen molar-refractivity contribution < 1.29 is 32.1 Å². The summed E-state index contributed by atoms with van der Waals surface area (Å²) in [5.74, 6) is -0.958. The number of ether oxygens (including phenoxy) is 4. The van der Waals surface area contributed by atoms with Crippen LogP contribution in [0.1, 0.15) is 42.1 Å². The molecule has 1 saturated heterocycles. The Kier molecular flexibility index (Phi) is 7.67. The molecule has 2 aromatic carbocycles. The molecule has 42 heavy (non-hydrogen) atoms. The molecule has 0 bridgehead atoms. The van der Waals surface area contributed by atoms with Crippen molar-refractivity contribution in [2.75, 3.05) is 32.3 Å². The molecule has 0 N–H and O–H groups in total. The molecule has 0 unspecified atom stereocenters. The lowest BCUT2D eigenvalue weighted by Gasteiger charge is -2.41. The maximum atomic E-state index is 13.9. The molecule has 1 spiro atoms. The van der Waals surface area contributed by atoms with Crippen LogP contribution in [0, 0.1) is 5.92 Å². The molecule has 1 saturated carbocycles. The SMILES string of the molecule is COc1ccc(CN(Cc2ccc(OC)cc2)c2nccn3c([C@H]4C[C@@H](C(F)(F)F)CCC45OCCO5)nnc23)cc1. The van der Waals surface area contributed by atoms with Gasteiger partial charge < -0.3 is 23.8 Å². The first-order valence-corrected chi connectivity index (χ1v) is 13.8. The molecule has 0 amide bonds. The predicted molar refractivity (Wildman–Crippen MR) is 147 cm³/mol. The summed E-state index contributed by atoms with van der Waals surface area (Å²) in [6, 6.07) is 15.5. The van der Waals surface area contributed by atoms with Crippen LogP contribution in [0.3, 0.4) is 0 Å². The molecular formula is C30H32F3N5O4. The lowest BCUT2D eigenvalue weighted by atomic mass is 9.76. The van der Waals surface area contributed by atoms with Crippen molar-refractivity contribution in [1.82, 2.24) is 19.6 Å². The highest BCUT2D eigenvalue weighted by atomic mass is 19.4. The minimum Gasteiger partial charge on any atom is -0.497 e. The molecule has 6 rings (SSSR count). The lowest BCUT2D eigenvalue weighted by Crippen LogP contribution is -2.46. The number of nitrogens with zero attached hydrogens (tertiary/aromatic N) is 5. The van der Waals surface area contributed by atoms with Crippen molar-refractivity contribution in [3.8, 4) is 11.5 Å². The number of aromatic nitrogens is 4. The topological polar surface area (TPSA) is 83.2 Å². The molecule has 1 aliphatic heterocycles. The van der Waals surface area contributed by atoms with Crippen molar-refractivity contribution in [3.63, 3.8) is 0 Å². The Morgan fingerprint density at radius 1 is 0.929 bits per heavy atom. The van der Waals surface area contributed by atoms with Gasteiger partial charge in [-0.15, -0.1) is 10.2 Å². The number of benzene rings is 2. The van der Waals surface area contributed by atoms with Gasteiger partial charge in [0, 0.05) is 31.9 Å². The molecule has 9 nitrogen and oxygen atoms in total. The summed E-state index contributed by atoms with van der Waals surface area (Å²) in [7, 11) is 3.24. The third-order valence-corrected chi connectivity index (χ3v) is 8.14. The second kappa shape index (κ2) is 11.4. The van der Waals surface area contributed by atoms with Crippen molar-refractivity contribution in [3.05, 3.63) is 77.9 Å². The van der Waals surface area contributed by atoms with E-state index in [0.29, 0.717) is 43.6 Å². The predicted octanol–water partition coefficient (Wildman–Crippen LogP) is 5.54. The Hall–Kier alpha value is -3.90. The normalized spacial score (nSPS) is 20.2. The molecule has 3 heterocycles. The van der Waals surface area contributed by atoms with Crippen LogP contribution < -0.4 is 14.4 Å². The van der Waals surface area contributed by atoms with Gasteiger partial charge in [0.15, 0.2) is 11.6 Å². The fourth-order valence-electron chi connectivity index (χ4n) is 5.95. The molecule has 12 heteroatoms. The van der Waals surface area contributed by atoms with Crippen LogP contribution in [-0.4, -0.2) is 59.0 Å². The molecule has 4 aromatic rings. The van der Waals surface area contributed by atoms with Gasteiger partial charge in [-0.3, -0.25) is 4.40 Å². The largest absolute Gasteiger partial charge is 0.497 e. The molecular weight excluding hydrogens is 551 g/mol. The van der Waals surface area contributed by atoms with Crippen molar-refractivity contribution in [2.24, 2.45) is 5.92 Å². The van der Waals surface area contributed by atoms with Gasteiger partial charge in [-0.1, -0.05) is 24.3 Å². The summed E-state index contributed by atoms with van der Waals surface area (Å²) in [5, 5.41) is 8.91. The summed E-state index contributed by atoms with van der Waals surface area (Å²) in [5.41, 5.74) is 2.47. The Morgan fingerprint density at radius 2 is 1.52 bits per heavy atom. The van der Waals surface area contributed by atoms with Gasteiger partial charge in [0.1, 0.15) is 17.3 Å². The first-order chi connectivity index (χ1) is 20.3. The van der Waals surface area contributed by atoms with Gasteiger partial charge in [0.2, 0.25) is 5.65 Å². The summed E-state index contributed by atoms with van der Waals surface area (Å²) >= 11 is 0. The molecule has 2 atom stereocenters. The van der Waals surface area contributed by atoms with Crippen LogP contribution in [0.25, 0.3) is 5.65 Å². The Bertz CT molecular complexity index is 1450. The minimum atomic E-state index is -4.32.